The zero-order valence-electron chi connectivity index (χ0n) is 14.0. The van der Waals surface area contributed by atoms with Crippen molar-refractivity contribution in [1.29, 1.82) is 0 Å². The van der Waals surface area contributed by atoms with E-state index >= 15 is 0 Å². The molecule has 0 saturated carbocycles. The molecule has 1 amide bonds. The Morgan fingerprint density at radius 2 is 2.04 bits per heavy atom. The smallest absolute Gasteiger partial charge is 0.307 e. The van der Waals surface area contributed by atoms with Crippen molar-refractivity contribution < 1.29 is 4.79 Å². The Bertz CT molecular complexity index is 1020. The Morgan fingerprint density at radius 3 is 2.92 bits per heavy atom. The van der Waals surface area contributed by atoms with Crippen LogP contribution in [0.3, 0.4) is 0 Å². The van der Waals surface area contributed by atoms with Gasteiger partial charge in [0, 0.05) is 31.4 Å². The maximum atomic E-state index is 11.8. The van der Waals surface area contributed by atoms with Gasteiger partial charge >= 0.3 is 4.87 Å². The van der Waals surface area contributed by atoms with Crippen LogP contribution in [0.5, 0.6) is 0 Å². The van der Waals surface area contributed by atoms with E-state index in [0.717, 1.165) is 40.0 Å². The molecule has 1 aliphatic rings. The maximum Gasteiger partial charge on any atom is 0.307 e. The number of rotatable bonds is 3. The number of nitrogens with zero attached hydrogens (tertiary/aromatic N) is 1. The highest BCUT2D eigenvalue weighted by Crippen LogP contribution is 2.26. The van der Waals surface area contributed by atoms with E-state index in [-0.39, 0.29) is 10.8 Å². The van der Waals surface area contributed by atoms with E-state index in [0.29, 0.717) is 13.0 Å². The lowest BCUT2D eigenvalue weighted by atomic mass is 10.1. The van der Waals surface area contributed by atoms with Gasteiger partial charge in [-0.2, -0.15) is 0 Å². The lowest BCUT2D eigenvalue weighted by molar-refractivity contribution is -0.116. The highest BCUT2D eigenvalue weighted by Gasteiger charge is 2.13. The minimum absolute atomic E-state index is 0.0629. The second kappa shape index (κ2) is 6.37. The van der Waals surface area contributed by atoms with Crippen LogP contribution in [0.15, 0.2) is 41.2 Å². The number of hydrogen-bond acceptors (Lipinski definition) is 4. The van der Waals surface area contributed by atoms with Crippen LogP contribution in [0.2, 0.25) is 0 Å². The first-order valence-electron chi connectivity index (χ1n) is 8.35. The molecule has 0 radical (unpaired) electrons. The van der Waals surface area contributed by atoms with E-state index in [1.54, 1.807) is 11.6 Å². The zero-order chi connectivity index (χ0) is 17.4. The SMILES string of the molecule is Cn1c(=O)sc2cc(CNc3ccc4c(c3)CCCC(=O)N4)ccc21. The number of anilines is 2. The Morgan fingerprint density at radius 1 is 1.16 bits per heavy atom. The summed E-state index contributed by atoms with van der Waals surface area (Å²) in [5.74, 6) is 0.0922. The van der Waals surface area contributed by atoms with Crippen LogP contribution in [-0.4, -0.2) is 10.5 Å². The monoisotopic (exact) mass is 353 g/mol. The van der Waals surface area contributed by atoms with Crippen molar-refractivity contribution in [2.75, 3.05) is 10.6 Å². The van der Waals surface area contributed by atoms with Gasteiger partial charge in [0.2, 0.25) is 5.91 Å². The summed E-state index contributed by atoms with van der Waals surface area (Å²) in [4.78, 5) is 23.4. The average molecular weight is 353 g/mol. The fourth-order valence-corrected chi connectivity index (χ4v) is 4.12. The van der Waals surface area contributed by atoms with Crippen LogP contribution in [-0.2, 0) is 24.8 Å². The molecule has 1 aliphatic heterocycles. The second-order valence-electron chi connectivity index (χ2n) is 6.36. The molecule has 3 aromatic rings. The third-order valence-corrected chi connectivity index (χ3v) is 5.58. The summed E-state index contributed by atoms with van der Waals surface area (Å²) in [6.45, 7) is 0.691. The fraction of sp³-hybridized carbons (Fsp3) is 0.263. The van der Waals surface area contributed by atoms with Crippen LogP contribution in [0.4, 0.5) is 11.4 Å². The Balaban J connectivity index is 1.52. The first-order chi connectivity index (χ1) is 12.1. The van der Waals surface area contributed by atoms with Gasteiger partial charge in [-0.1, -0.05) is 17.4 Å². The maximum absolute atomic E-state index is 11.8. The van der Waals surface area contributed by atoms with Crippen molar-refractivity contribution in [3.63, 3.8) is 0 Å². The first-order valence-corrected chi connectivity index (χ1v) is 9.17. The molecule has 2 heterocycles. The van der Waals surface area contributed by atoms with E-state index in [1.807, 2.05) is 24.3 Å². The van der Waals surface area contributed by atoms with Gasteiger partial charge in [-0.3, -0.25) is 9.59 Å². The summed E-state index contributed by atoms with van der Waals surface area (Å²) in [6.07, 6.45) is 2.37. The van der Waals surface area contributed by atoms with Crippen molar-refractivity contribution >= 4 is 38.8 Å². The molecule has 5 nitrogen and oxygen atoms in total. The van der Waals surface area contributed by atoms with Gasteiger partial charge in [-0.05, 0) is 54.3 Å². The predicted molar refractivity (Wildman–Crippen MR) is 102 cm³/mol. The van der Waals surface area contributed by atoms with Crippen LogP contribution in [0, 0.1) is 0 Å². The number of hydrogen-bond donors (Lipinski definition) is 2. The van der Waals surface area contributed by atoms with Gasteiger partial charge in [0.05, 0.1) is 10.2 Å². The molecule has 0 fully saturated rings. The number of aromatic nitrogens is 1. The first kappa shape index (κ1) is 15.9. The Labute approximate surface area is 149 Å². The van der Waals surface area contributed by atoms with Gasteiger partial charge in [-0.25, -0.2) is 0 Å². The summed E-state index contributed by atoms with van der Waals surface area (Å²) in [5, 5.41) is 6.39. The third-order valence-electron chi connectivity index (χ3n) is 4.58. The summed E-state index contributed by atoms with van der Waals surface area (Å²) in [6, 6.07) is 12.2. The standard InChI is InChI=1S/C19H19N3O2S/c1-22-16-8-5-12(9-17(16)25-19(22)24)11-20-14-6-7-15-13(10-14)3-2-4-18(23)21-15/h5-10,20H,2-4,11H2,1H3,(H,21,23). The van der Waals surface area contributed by atoms with Crippen molar-refractivity contribution in [2.24, 2.45) is 7.05 Å². The van der Waals surface area contributed by atoms with Crippen molar-refractivity contribution in [3.8, 4) is 0 Å². The molecule has 0 aliphatic carbocycles. The topological polar surface area (TPSA) is 63.1 Å². The molecule has 0 unspecified atom stereocenters. The number of thiazole rings is 1. The van der Waals surface area contributed by atoms with E-state index in [4.69, 9.17) is 0 Å². The zero-order valence-corrected chi connectivity index (χ0v) is 14.8. The third kappa shape index (κ3) is 3.17. The lowest BCUT2D eigenvalue weighted by Gasteiger charge is -2.11. The van der Waals surface area contributed by atoms with E-state index < -0.39 is 0 Å². The molecular formula is C19H19N3O2S. The van der Waals surface area contributed by atoms with Crippen LogP contribution in [0.1, 0.15) is 24.0 Å². The number of amides is 1. The van der Waals surface area contributed by atoms with E-state index in [1.165, 1.54) is 16.9 Å². The Kier molecular flexibility index (Phi) is 4.05. The van der Waals surface area contributed by atoms with Crippen LogP contribution < -0.4 is 15.5 Å². The molecule has 6 heteroatoms. The number of carbonyl (C=O) groups excluding carboxylic acids is 1. The summed E-state index contributed by atoms with van der Waals surface area (Å²) in [5.41, 5.74) is 5.24. The number of aryl methyl sites for hydroxylation is 2. The summed E-state index contributed by atoms with van der Waals surface area (Å²) < 4.78 is 2.69. The van der Waals surface area contributed by atoms with Gasteiger partial charge in [0.15, 0.2) is 0 Å². The highest BCUT2D eigenvalue weighted by molar-refractivity contribution is 7.16. The van der Waals surface area contributed by atoms with Crippen LogP contribution in [0.25, 0.3) is 10.2 Å². The molecule has 2 aromatic carbocycles. The molecule has 2 N–H and O–H groups in total. The molecular weight excluding hydrogens is 334 g/mol. The molecule has 1 aromatic heterocycles. The number of benzene rings is 2. The summed E-state index contributed by atoms with van der Waals surface area (Å²) in [7, 11) is 1.80. The molecule has 128 valence electrons. The van der Waals surface area contributed by atoms with E-state index in [9.17, 15) is 9.59 Å². The Hall–Kier alpha value is -2.60. The molecule has 4 rings (SSSR count). The second-order valence-corrected chi connectivity index (χ2v) is 7.35. The normalized spacial score (nSPS) is 14.0. The lowest BCUT2D eigenvalue weighted by Crippen LogP contribution is -2.09. The molecule has 25 heavy (non-hydrogen) atoms. The number of nitrogens with one attached hydrogen (secondary N) is 2. The average Bonchev–Trinajstić information content (AvgIpc) is 2.77. The molecule has 0 saturated heterocycles. The van der Waals surface area contributed by atoms with Gasteiger partial charge in [0.25, 0.3) is 0 Å². The van der Waals surface area contributed by atoms with Gasteiger partial charge < -0.3 is 15.2 Å². The molecule has 0 atom stereocenters. The van der Waals surface area contributed by atoms with Crippen molar-refractivity contribution in [2.45, 2.75) is 25.8 Å². The number of carbonyl (C=O) groups is 1. The van der Waals surface area contributed by atoms with Gasteiger partial charge in [0.1, 0.15) is 0 Å². The quantitative estimate of drug-likeness (QED) is 0.758. The number of fused-ring (bicyclic) bond motifs is 2. The highest BCUT2D eigenvalue weighted by atomic mass is 32.1. The molecule has 0 bridgehead atoms. The fourth-order valence-electron chi connectivity index (χ4n) is 3.18. The predicted octanol–water partition coefficient (Wildman–Crippen LogP) is 3.49. The van der Waals surface area contributed by atoms with Crippen LogP contribution >= 0.6 is 11.3 Å². The van der Waals surface area contributed by atoms with Crippen molar-refractivity contribution in [3.05, 3.63) is 57.2 Å². The minimum Gasteiger partial charge on any atom is -0.381 e. The van der Waals surface area contributed by atoms with Gasteiger partial charge in [-0.15, -0.1) is 0 Å². The minimum atomic E-state index is 0.0629. The molecule has 0 spiro atoms. The van der Waals surface area contributed by atoms with E-state index in [2.05, 4.69) is 22.8 Å². The van der Waals surface area contributed by atoms with Crippen molar-refractivity contribution in [1.82, 2.24) is 4.57 Å². The largest absolute Gasteiger partial charge is 0.381 e. The summed E-state index contributed by atoms with van der Waals surface area (Å²) >= 11 is 1.28.